The first-order chi connectivity index (χ1) is 10.2. The fraction of sp³-hybridized carbons (Fsp3) is 0. The second kappa shape index (κ2) is 5.16. The van der Waals surface area contributed by atoms with E-state index >= 15 is 0 Å². The Labute approximate surface area is 119 Å². The highest BCUT2D eigenvalue weighted by Crippen LogP contribution is 2.25. The van der Waals surface area contributed by atoms with Crippen LogP contribution in [-0.4, -0.2) is 25.8 Å². The molecular weight excluding hydrogens is 273 g/mol. The number of halogens is 1. The Hall–Kier alpha value is -3.02. The van der Waals surface area contributed by atoms with Crippen molar-refractivity contribution >= 4 is 5.97 Å². The molecule has 0 spiro atoms. The quantitative estimate of drug-likeness (QED) is 0.802. The van der Waals surface area contributed by atoms with E-state index in [0.717, 1.165) is 0 Å². The number of hydrogen-bond acceptors (Lipinski definition) is 3. The number of rotatable bonds is 3. The number of carbonyl (C=O) groups is 1. The second-order valence-corrected chi connectivity index (χ2v) is 4.31. The van der Waals surface area contributed by atoms with Crippen LogP contribution in [0.15, 0.2) is 54.9 Å². The van der Waals surface area contributed by atoms with Crippen molar-refractivity contribution in [3.8, 4) is 17.1 Å². The van der Waals surface area contributed by atoms with Gasteiger partial charge in [0, 0.05) is 18.0 Å². The molecule has 0 aliphatic carbocycles. The van der Waals surface area contributed by atoms with E-state index in [1.807, 2.05) is 0 Å². The first-order valence-electron chi connectivity index (χ1n) is 6.16. The van der Waals surface area contributed by atoms with Gasteiger partial charge in [-0.1, -0.05) is 18.2 Å². The second-order valence-electron chi connectivity index (χ2n) is 4.31. The minimum Gasteiger partial charge on any atom is -0.478 e. The number of pyridine rings is 1. The molecule has 0 fully saturated rings. The summed E-state index contributed by atoms with van der Waals surface area (Å²) in [7, 11) is 0. The standard InChI is InChI=1S/C15H10FN3O2/c16-12-6-2-1-5-10(12)14-11(15(20)21)9-19(18-14)13-7-3-4-8-17-13/h1-9H,(H,20,21). The van der Waals surface area contributed by atoms with Crippen LogP contribution in [-0.2, 0) is 0 Å². The van der Waals surface area contributed by atoms with E-state index in [1.54, 1.807) is 30.5 Å². The van der Waals surface area contributed by atoms with Gasteiger partial charge in [0.2, 0.25) is 0 Å². The van der Waals surface area contributed by atoms with Crippen molar-refractivity contribution in [2.45, 2.75) is 0 Å². The fourth-order valence-corrected chi connectivity index (χ4v) is 1.99. The van der Waals surface area contributed by atoms with Crippen molar-refractivity contribution in [3.63, 3.8) is 0 Å². The molecule has 3 aromatic rings. The van der Waals surface area contributed by atoms with Crippen molar-refractivity contribution in [1.29, 1.82) is 0 Å². The Morgan fingerprint density at radius 1 is 1.14 bits per heavy atom. The number of carboxylic acids is 1. The summed E-state index contributed by atoms with van der Waals surface area (Å²) in [5.41, 5.74) is 0.140. The third kappa shape index (κ3) is 2.38. The lowest BCUT2D eigenvalue weighted by molar-refractivity contribution is 0.0697. The molecule has 0 radical (unpaired) electrons. The van der Waals surface area contributed by atoms with Crippen LogP contribution in [0.5, 0.6) is 0 Å². The van der Waals surface area contributed by atoms with Gasteiger partial charge in [0.1, 0.15) is 17.1 Å². The summed E-state index contributed by atoms with van der Waals surface area (Å²) in [6.07, 6.45) is 2.90. The zero-order chi connectivity index (χ0) is 14.8. The van der Waals surface area contributed by atoms with Gasteiger partial charge in [-0.25, -0.2) is 18.9 Å². The predicted molar refractivity (Wildman–Crippen MR) is 73.7 cm³/mol. The minimum atomic E-state index is -1.17. The van der Waals surface area contributed by atoms with Gasteiger partial charge in [-0.2, -0.15) is 5.10 Å². The summed E-state index contributed by atoms with van der Waals surface area (Å²) >= 11 is 0. The molecule has 21 heavy (non-hydrogen) atoms. The van der Waals surface area contributed by atoms with Gasteiger partial charge in [0.25, 0.3) is 0 Å². The Morgan fingerprint density at radius 2 is 1.90 bits per heavy atom. The summed E-state index contributed by atoms with van der Waals surface area (Å²) < 4.78 is 15.2. The van der Waals surface area contributed by atoms with Crippen molar-refractivity contribution in [1.82, 2.24) is 14.8 Å². The molecule has 0 saturated carbocycles. The molecule has 0 amide bonds. The average molecular weight is 283 g/mol. The third-order valence-electron chi connectivity index (χ3n) is 2.96. The number of aromatic carboxylic acids is 1. The zero-order valence-corrected chi connectivity index (χ0v) is 10.8. The molecule has 2 heterocycles. The van der Waals surface area contributed by atoms with Crippen molar-refractivity contribution in [2.24, 2.45) is 0 Å². The summed E-state index contributed by atoms with van der Waals surface area (Å²) in [4.78, 5) is 15.4. The molecule has 104 valence electrons. The molecule has 0 bridgehead atoms. The lowest BCUT2D eigenvalue weighted by atomic mass is 10.1. The summed E-state index contributed by atoms with van der Waals surface area (Å²) in [6, 6.07) is 11.1. The lowest BCUT2D eigenvalue weighted by Crippen LogP contribution is -1.97. The van der Waals surface area contributed by atoms with E-state index in [2.05, 4.69) is 10.1 Å². The van der Waals surface area contributed by atoms with Gasteiger partial charge in [-0.05, 0) is 24.3 Å². The molecule has 3 rings (SSSR count). The van der Waals surface area contributed by atoms with Crippen LogP contribution in [0, 0.1) is 5.82 Å². The SMILES string of the molecule is O=C(O)c1cn(-c2ccccn2)nc1-c1ccccc1F. The van der Waals surface area contributed by atoms with E-state index in [4.69, 9.17) is 0 Å². The van der Waals surface area contributed by atoms with Gasteiger partial charge in [0.15, 0.2) is 5.82 Å². The van der Waals surface area contributed by atoms with Crippen LogP contribution in [0.4, 0.5) is 4.39 Å². The first-order valence-corrected chi connectivity index (χ1v) is 6.16. The van der Waals surface area contributed by atoms with Gasteiger partial charge < -0.3 is 5.11 Å². The highest BCUT2D eigenvalue weighted by atomic mass is 19.1. The van der Waals surface area contributed by atoms with Gasteiger partial charge in [-0.3, -0.25) is 0 Å². The Kier molecular flexibility index (Phi) is 3.19. The lowest BCUT2D eigenvalue weighted by Gasteiger charge is -2.00. The first kappa shape index (κ1) is 13.0. The Bertz CT molecular complexity index is 800. The van der Waals surface area contributed by atoms with Crippen LogP contribution in [0.3, 0.4) is 0 Å². The van der Waals surface area contributed by atoms with Crippen LogP contribution >= 0.6 is 0 Å². The van der Waals surface area contributed by atoms with Gasteiger partial charge in [0.05, 0.1) is 0 Å². The molecule has 5 nitrogen and oxygen atoms in total. The zero-order valence-electron chi connectivity index (χ0n) is 10.8. The van der Waals surface area contributed by atoms with Gasteiger partial charge >= 0.3 is 5.97 Å². The summed E-state index contributed by atoms with van der Waals surface area (Å²) in [6.45, 7) is 0. The highest BCUT2D eigenvalue weighted by Gasteiger charge is 2.20. The molecule has 0 aliphatic rings. The topological polar surface area (TPSA) is 68.0 Å². The summed E-state index contributed by atoms with van der Waals surface area (Å²) in [5, 5.41) is 13.4. The number of nitrogens with zero attached hydrogens (tertiary/aromatic N) is 3. The Balaban J connectivity index is 2.19. The maximum absolute atomic E-state index is 13.9. The molecular formula is C15H10FN3O2. The largest absolute Gasteiger partial charge is 0.478 e. The number of aromatic nitrogens is 3. The van der Waals surface area contributed by atoms with E-state index in [-0.39, 0.29) is 16.8 Å². The number of benzene rings is 1. The molecule has 2 aromatic heterocycles. The molecule has 1 N–H and O–H groups in total. The normalized spacial score (nSPS) is 10.5. The maximum Gasteiger partial charge on any atom is 0.339 e. The maximum atomic E-state index is 13.9. The highest BCUT2D eigenvalue weighted by molar-refractivity contribution is 5.94. The van der Waals surface area contributed by atoms with E-state index in [0.29, 0.717) is 5.82 Å². The van der Waals surface area contributed by atoms with Crippen LogP contribution in [0.25, 0.3) is 17.1 Å². The van der Waals surface area contributed by atoms with Crippen molar-refractivity contribution < 1.29 is 14.3 Å². The van der Waals surface area contributed by atoms with Crippen molar-refractivity contribution in [3.05, 3.63) is 66.2 Å². The molecule has 0 atom stereocenters. The van der Waals surface area contributed by atoms with E-state index in [9.17, 15) is 14.3 Å². The van der Waals surface area contributed by atoms with Crippen LogP contribution in [0.2, 0.25) is 0 Å². The molecule has 1 aromatic carbocycles. The third-order valence-corrected chi connectivity index (χ3v) is 2.96. The number of hydrogen-bond donors (Lipinski definition) is 1. The van der Waals surface area contributed by atoms with Gasteiger partial charge in [-0.15, -0.1) is 0 Å². The molecule has 6 heteroatoms. The van der Waals surface area contributed by atoms with Crippen LogP contribution in [0.1, 0.15) is 10.4 Å². The number of carboxylic acid groups (broad SMARTS) is 1. The summed E-state index contributed by atoms with van der Waals surface area (Å²) in [5.74, 6) is -1.23. The fourth-order valence-electron chi connectivity index (χ4n) is 1.99. The van der Waals surface area contributed by atoms with Crippen LogP contribution < -0.4 is 0 Å². The van der Waals surface area contributed by atoms with E-state index in [1.165, 1.54) is 29.1 Å². The van der Waals surface area contributed by atoms with E-state index < -0.39 is 11.8 Å². The Morgan fingerprint density at radius 3 is 2.57 bits per heavy atom. The monoisotopic (exact) mass is 283 g/mol. The molecule has 0 unspecified atom stereocenters. The van der Waals surface area contributed by atoms with Crippen molar-refractivity contribution in [2.75, 3.05) is 0 Å². The predicted octanol–water partition coefficient (Wildman–Crippen LogP) is 2.77. The minimum absolute atomic E-state index is 0.0752. The smallest absolute Gasteiger partial charge is 0.339 e. The average Bonchev–Trinajstić information content (AvgIpc) is 2.94. The molecule has 0 saturated heterocycles. The molecule has 0 aliphatic heterocycles.